The van der Waals surface area contributed by atoms with E-state index in [-0.39, 0.29) is 0 Å². The van der Waals surface area contributed by atoms with Crippen LogP contribution in [0.25, 0.3) is 0 Å². The van der Waals surface area contributed by atoms with Crippen molar-refractivity contribution in [2.75, 3.05) is 0 Å². The van der Waals surface area contributed by atoms with Crippen LogP contribution in [0.5, 0.6) is 0 Å². The van der Waals surface area contributed by atoms with Crippen molar-refractivity contribution in [1.82, 2.24) is 0 Å². The van der Waals surface area contributed by atoms with Gasteiger partial charge in [0, 0.05) is 6.20 Å². The molecule has 0 N–H and O–H groups in total. The Bertz CT molecular complexity index is 100. The van der Waals surface area contributed by atoms with E-state index in [1.165, 1.54) is 5.57 Å². The van der Waals surface area contributed by atoms with Crippen LogP contribution in [0.2, 0.25) is 0 Å². The summed E-state index contributed by atoms with van der Waals surface area (Å²) in [6, 6.07) is 0. The van der Waals surface area contributed by atoms with Gasteiger partial charge in [0.05, 0.1) is 3.72 Å². The third-order valence-corrected chi connectivity index (χ3v) is 0.779. The van der Waals surface area contributed by atoms with E-state index >= 15 is 0 Å². The largest absolute Gasteiger partial charge is 0.255 e. The SMILES string of the molecule is CC(C)=C/N=C(\C)I. The smallest absolute Gasteiger partial charge is 0.0752 e. The number of rotatable bonds is 1. The summed E-state index contributed by atoms with van der Waals surface area (Å²) < 4.78 is 1.07. The van der Waals surface area contributed by atoms with Gasteiger partial charge in [0.1, 0.15) is 0 Å². The van der Waals surface area contributed by atoms with Crippen LogP contribution in [0.1, 0.15) is 20.8 Å². The van der Waals surface area contributed by atoms with E-state index < -0.39 is 0 Å². The predicted molar refractivity (Wildman–Crippen MR) is 46.6 cm³/mol. The molecule has 0 radical (unpaired) electrons. The molecule has 0 saturated heterocycles. The van der Waals surface area contributed by atoms with Gasteiger partial charge in [-0.2, -0.15) is 0 Å². The highest BCUT2D eigenvalue weighted by atomic mass is 127. The van der Waals surface area contributed by atoms with Gasteiger partial charge in [-0.1, -0.05) is 5.57 Å². The molecule has 8 heavy (non-hydrogen) atoms. The Kier molecular flexibility index (Phi) is 4.13. The first-order valence-electron chi connectivity index (χ1n) is 2.46. The molecule has 2 heteroatoms. The summed E-state index contributed by atoms with van der Waals surface area (Å²) in [6.45, 7) is 6.03. The highest BCUT2D eigenvalue weighted by Crippen LogP contribution is 1.93. The fraction of sp³-hybridized carbons (Fsp3) is 0.500. The average Bonchev–Trinajstić information content (AvgIpc) is 1.61. The van der Waals surface area contributed by atoms with E-state index in [0.717, 1.165) is 3.72 Å². The first kappa shape index (κ1) is 8.14. The lowest BCUT2D eigenvalue weighted by molar-refractivity contribution is 1.34. The molecule has 0 aliphatic heterocycles. The second-order valence-electron chi connectivity index (χ2n) is 1.83. The molecule has 1 nitrogen and oxygen atoms in total. The molecule has 46 valence electrons. The zero-order valence-electron chi connectivity index (χ0n) is 5.40. The fourth-order valence-electron chi connectivity index (χ4n) is 0.218. The Morgan fingerprint density at radius 1 is 1.38 bits per heavy atom. The van der Waals surface area contributed by atoms with Crippen LogP contribution in [0.4, 0.5) is 0 Å². The summed E-state index contributed by atoms with van der Waals surface area (Å²) in [4.78, 5) is 4.07. The van der Waals surface area contributed by atoms with Gasteiger partial charge < -0.3 is 0 Å². The lowest BCUT2D eigenvalue weighted by Crippen LogP contribution is -1.69. The van der Waals surface area contributed by atoms with Crippen LogP contribution in [0.15, 0.2) is 16.8 Å². The molecule has 0 amide bonds. The first-order chi connectivity index (χ1) is 3.63. The molecular weight excluding hydrogens is 213 g/mol. The van der Waals surface area contributed by atoms with E-state index in [4.69, 9.17) is 0 Å². The van der Waals surface area contributed by atoms with Crippen molar-refractivity contribution >= 4 is 26.3 Å². The number of hydrogen-bond acceptors (Lipinski definition) is 1. The second-order valence-corrected chi connectivity index (χ2v) is 3.39. The highest BCUT2D eigenvalue weighted by molar-refractivity contribution is 14.1. The van der Waals surface area contributed by atoms with Crippen molar-refractivity contribution in [2.24, 2.45) is 4.99 Å². The van der Waals surface area contributed by atoms with Crippen molar-refractivity contribution in [1.29, 1.82) is 0 Å². The van der Waals surface area contributed by atoms with Gasteiger partial charge in [0.15, 0.2) is 0 Å². The lowest BCUT2D eigenvalue weighted by Gasteiger charge is -1.82. The molecule has 0 aliphatic rings. The molecule has 0 atom stereocenters. The zero-order chi connectivity index (χ0) is 6.57. The molecule has 0 spiro atoms. The molecule has 0 aliphatic carbocycles. The fourth-order valence-corrected chi connectivity index (χ4v) is 0.357. The summed E-state index contributed by atoms with van der Waals surface area (Å²) in [5.41, 5.74) is 1.24. The molecule has 0 aromatic carbocycles. The van der Waals surface area contributed by atoms with E-state index in [1.807, 2.05) is 27.0 Å². The monoisotopic (exact) mass is 223 g/mol. The minimum Gasteiger partial charge on any atom is -0.255 e. The summed E-state index contributed by atoms with van der Waals surface area (Å²) >= 11 is 2.18. The zero-order valence-corrected chi connectivity index (χ0v) is 7.56. The quantitative estimate of drug-likeness (QED) is 0.478. The van der Waals surface area contributed by atoms with Crippen molar-refractivity contribution in [2.45, 2.75) is 20.8 Å². The van der Waals surface area contributed by atoms with Crippen LogP contribution in [0, 0.1) is 0 Å². The standard InChI is InChI=1S/C6H10IN/c1-5(2)4-8-6(3)7/h4H,1-3H3/b8-6+. The normalized spacial score (nSPS) is 11.2. The maximum Gasteiger partial charge on any atom is 0.0752 e. The van der Waals surface area contributed by atoms with Crippen LogP contribution >= 0.6 is 22.6 Å². The Morgan fingerprint density at radius 2 is 1.88 bits per heavy atom. The molecule has 0 unspecified atom stereocenters. The Hall–Kier alpha value is 0.140. The van der Waals surface area contributed by atoms with Crippen LogP contribution in [0.3, 0.4) is 0 Å². The van der Waals surface area contributed by atoms with Crippen molar-refractivity contribution in [3.05, 3.63) is 11.8 Å². The van der Waals surface area contributed by atoms with Crippen LogP contribution in [-0.4, -0.2) is 3.72 Å². The van der Waals surface area contributed by atoms with Gasteiger partial charge in [-0.05, 0) is 43.4 Å². The van der Waals surface area contributed by atoms with Gasteiger partial charge in [-0.3, -0.25) is 4.99 Å². The van der Waals surface area contributed by atoms with Gasteiger partial charge in [-0.15, -0.1) is 0 Å². The minimum absolute atomic E-state index is 1.07. The number of nitrogens with zero attached hydrogens (tertiary/aromatic N) is 1. The maximum absolute atomic E-state index is 4.07. The Labute approximate surface area is 64.0 Å². The van der Waals surface area contributed by atoms with E-state index in [0.29, 0.717) is 0 Å². The summed E-state index contributed by atoms with van der Waals surface area (Å²) in [6.07, 6.45) is 1.86. The molecular formula is C6H10IN. The van der Waals surface area contributed by atoms with Crippen molar-refractivity contribution in [3.8, 4) is 0 Å². The van der Waals surface area contributed by atoms with Gasteiger partial charge >= 0.3 is 0 Å². The number of aliphatic imine (C=N–C) groups is 1. The number of allylic oxidation sites excluding steroid dienone is 1. The first-order valence-corrected chi connectivity index (χ1v) is 3.54. The second kappa shape index (κ2) is 4.06. The van der Waals surface area contributed by atoms with E-state index in [1.54, 1.807) is 0 Å². The van der Waals surface area contributed by atoms with Crippen LogP contribution < -0.4 is 0 Å². The van der Waals surface area contributed by atoms with E-state index in [2.05, 4.69) is 27.6 Å². The molecule has 0 bridgehead atoms. The van der Waals surface area contributed by atoms with Gasteiger partial charge in [-0.25, -0.2) is 0 Å². The summed E-state index contributed by atoms with van der Waals surface area (Å²) in [5, 5.41) is 0. The van der Waals surface area contributed by atoms with Gasteiger partial charge in [0.25, 0.3) is 0 Å². The summed E-state index contributed by atoms with van der Waals surface area (Å²) in [5.74, 6) is 0. The predicted octanol–water partition coefficient (Wildman–Crippen LogP) is 2.76. The lowest BCUT2D eigenvalue weighted by atomic mass is 10.4. The molecule has 0 saturated carbocycles. The van der Waals surface area contributed by atoms with Crippen molar-refractivity contribution < 1.29 is 0 Å². The summed E-state index contributed by atoms with van der Waals surface area (Å²) in [7, 11) is 0. The molecule has 0 aromatic heterocycles. The third kappa shape index (κ3) is 6.14. The maximum atomic E-state index is 4.07. The van der Waals surface area contributed by atoms with Crippen LogP contribution in [-0.2, 0) is 0 Å². The Morgan fingerprint density at radius 3 is 2.00 bits per heavy atom. The topological polar surface area (TPSA) is 12.4 Å². The molecule has 0 heterocycles. The highest BCUT2D eigenvalue weighted by Gasteiger charge is 1.74. The molecule has 0 rings (SSSR count). The number of halogens is 1. The average molecular weight is 223 g/mol. The Balaban J connectivity index is 3.76. The van der Waals surface area contributed by atoms with Crippen molar-refractivity contribution in [3.63, 3.8) is 0 Å². The van der Waals surface area contributed by atoms with E-state index in [9.17, 15) is 0 Å². The van der Waals surface area contributed by atoms with Gasteiger partial charge in [0.2, 0.25) is 0 Å². The molecule has 0 aromatic rings. The molecule has 0 fully saturated rings. The number of hydrogen-bond donors (Lipinski definition) is 0. The minimum atomic E-state index is 1.07. The third-order valence-electron chi connectivity index (χ3n) is 0.501.